The summed E-state index contributed by atoms with van der Waals surface area (Å²) in [4.78, 5) is 26.5. The minimum atomic E-state index is -0.460. The first-order valence-corrected chi connectivity index (χ1v) is 9.13. The number of aryl methyl sites for hydroxylation is 1. The Morgan fingerprint density at radius 1 is 1.07 bits per heavy atom. The van der Waals surface area contributed by atoms with Crippen LogP contribution in [0.25, 0.3) is 0 Å². The molecule has 1 amide bonds. The van der Waals surface area contributed by atoms with E-state index in [4.69, 9.17) is 4.74 Å². The Labute approximate surface area is 160 Å². The molecule has 0 unspecified atom stereocenters. The van der Waals surface area contributed by atoms with Crippen LogP contribution < -0.4 is 15.6 Å². The Kier molecular flexibility index (Phi) is 5.87. The van der Waals surface area contributed by atoms with Gasteiger partial charge in [0.1, 0.15) is 17.2 Å². The van der Waals surface area contributed by atoms with Crippen molar-refractivity contribution in [1.82, 2.24) is 15.2 Å². The van der Waals surface area contributed by atoms with E-state index in [1.54, 1.807) is 38.1 Å². The van der Waals surface area contributed by atoms with Crippen LogP contribution in [0.1, 0.15) is 12.6 Å². The van der Waals surface area contributed by atoms with Gasteiger partial charge in [0.15, 0.2) is 5.16 Å². The van der Waals surface area contributed by atoms with Gasteiger partial charge in [-0.05, 0) is 50.2 Å². The molecule has 0 saturated heterocycles. The number of rotatable bonds is 6. The summed E-state index contributed by atoms with van der Waals surface area (Å²) in [5.41, 5.74) is 0.625. The van der Waals surface area contributed by atoms with Crippen LogP contribution in [0.2, 0.25) is 0 Å². The molecule has 3 rings (SSSR count). The summed E-state index contributed by atoms with van der Waals surface area (Å²) in [7, 11) is 0. The monoisotopic (exact) mass is 382 g/mol. The number of aromatic nitrogens is 3. The van der Waals surface area contributed by atoms with Crippen LogP contribution in [0.15, 0.2) is 64.5 Å². The number of aromatic amines is 1. The van der Waals surface area contributed by atoms with Gasteiger partial charge in [-0.2, -0.15) is 0 Å². The zero-order valence-electron chi connectivity index (χ0n) is 14.8. The Morgan fingerprint density at radius 3 is 2.41 bits per heavy atom. The van der Waals surface area contributed by atoms with E-state index in [2.05, 4.69) is 20.5 Å². The van der Waals surface area contributed by atoms with Crippen molar-refractivity contribution in [2.24, 2.45) is 0 Å². The highest BCUT2D eigenvalue weighted by atomic mass is 32.2. The summed E-state index contributed by atoms with van der Waals surface area (Å²) >= 11 is 1.13. The van der Waals surface area contributed by atoms with Crippen molar-refractivity contribution >= 4 is 23.4 Å². The van der Waals surface area contributed by atoms with Gasteiger partial charge in [-0.1, -0.05) is 30.0 Å². The number of nitrogens with one attached hydrogen (secondary N) is 2. The normalized spacial score (nSPS) is 11.6. The van der Waals surface area contributed by atoms with E-state index in [-0.39, 0.29) is 17.2 Å². The van der Waals surface area contributed by atoms with E-state index in [0.717, 1.165) is 17.5 Å². The van der Waals surface area contributed by atoms with Gasteiger partial charge in [-0.3, -0.25) is 14.6 Å². The summed E-state index contributed by atoms with van der Waals surface area (Å²) in [6, 6.07) is 16.5. The van der Waals surface area contributed by atoms with Gasteiger partial charge in [0.2, 0.25) is 5.91 Å². The van der Waals surface area contributed by atoms with E-state index in [1.807, 2.05) is 30.3 Å². The Morgan fingerprint density at radius 2 is 1.74 bits per heavy atom. The molecule has 0 aliphatic carbocycles. The predicted molar refractivity (Wildman–Crippen MR) is 104 cm³/mol. The van der Waals surface area contributed by atoms with Crippen LogP contribution in [-0.4, -0.2) is 26.3 Å². The first kappa shape index (κ1) is 18.7. The highest BCUT2D eigenvalue weighted by molar-refractivity contribution is 8.00. The third-order valence-electron chi connectivity index (χ3n) is 3.60. The fourth-order valence-electron chi connectivity index (χ4n) is 2.13. The molecule has 0 aliphatic rings. The second-order valence-electron chi connectivity index (χ2n) is 5.73. The van der Waals surface area contributed by atoms with E-state index in [0.29, 0.717) is 16.6 Å². The average molecular weight is 382 g/mol. The van der Waals surface area contributed by atoms with Gasteiger partial charge in [-0.25, -0.2) is 0 Å². The number of hydrogen-bond donors (Lipinski definition) is 2. The van der Waals surface area contributed by atoms with Gasteiger partial charge in [0.25, 0.3) is 5.56 Å². The largest absolute Gasteiger partial charge is 0.457 e. The van der Waals surface area contributed by atoms with Gasteiger partial charge >= 0.3 is 0 Å². The third kappa shape index (κ3) is 5.18. The lowest BCUT2D eigenvalue weighted by molar-refractivity contribution is -0.115. The van der Waals surface area contributed by atoms with Crippen LogP contribution in [0.5, 0.6) is 11.5 Å². The van der Waals surface area contributed by atoms with Crippen molar-refractivity contribution in [3.63, 3.8) is 0 Å². The maximum Gasteiger partial charge on any atom is 0.273 e. The number of carbonyl (C=O) groups is 1. The van der Waals surface area contributed by atoms with E-state index >= 15 is 0 Å². The molecule has 138 valence electrons. The molecule has 3 aromatic rings. The van der Waals surface area contributed by atoms with Crippen LogP contribution in [0, 0.1) is 6.92 Å². The summed E-state index contributed by atoms with van der Waals surface area (Å²) in [6.07, 6.45) is 0. The fraction of sp³-hybridized carbons (Fsp3) is 0.158. The molecule has 0 fully saturated rings. The number of hydrogen-bond acceptors (Lipinski definition) is 6. The lowest BCUT2D eigenvalue weighted by Crippen LogP contribution is -2.23. The van der Waals surface area contributed by atoms with Crippen LogP contribution >= 0.6 is 11.8 Å². The van der Waals surface area contributed by atoms with Crippen molar-refractivity contribution in [3.05, 3.63) is 70.6 Å². The molecule has 2 aromatic carbocycles. The van der Waals surface area contributed by atoms with Crippen LogP contribution in [0.4, 0.5) is 5.69 Å². The molecule has 1 aromatic heterocycles. The van der Waals surface area contributed by atoms with E-state index in [1.165, 1.54) is 0 Å². The quantitative estimate of drug-likeness (QED) is 0.635. The summed E-state index contributed by atoms with van der Waals surface area (Å²) < 4.78 is 5.72. The molecule has 27 heavy (non-hydrogen) atoms. The van der Waals surface area contributed by atoms with Crippen molar-refractivity contribution in [1.29, 1.82) is 0 Å². The standard InChI is InChI=1S/C19H18N4O3S/c1-12-17(24)21-19(23-22-12)27-13(2)18(25)20-14-8-10-16(11-9-14)26-15-6-4-3-5-7-15/h3-11,13H,1-2H3,(H,20,25)(H,21,23,24)/t13-/m1/s1. The number of ether oxygens (including phenoxy) is 1. The molecule has 8 heteroatoms. The second-order valence-corrected chi connectivity index (χ2v) is 7.06. The van der Waals surface area contributed by atoms with Gasteiger partial charge in [0, 0.05) is 5.69 Å². The molecule has 2 N–H and O–H groups in total. The third-order valence-corrected chi connectivity index (χ3v) is 4.57. The SMILES string of the molecule is Cc1nnc(S[C@H](C)C(=O)Nc2ccc(Oc3ccccc3)cc2)[nH]c1=O. The Bertz CT molecular complexity index is 974. The fourth-order valence-corrected chi connectivity index (χ4v) is 2.87. The van der Waals surface area contributed by atoms with Crippen molar-refractivity contribution < 1.29 is 9.53 Å². The molecular weight excluding hydrogens is 364 g/mol. The van der Waals surface area contributed by atoms with Crippen LogP contribution in [0.3, 0.4) is 0 Å². The van der Waals surface area contributed by atoms with Gasteiger partial charge < -0.3 is 10.1 Å². The smallest absolute Gasteiger partial charge is 0.273 e. The molecule has 1 heterocycles. The first-order chi connectivity index (χ1) is 13.0. The topological polar surface area (TPSA) is 97.0 Å². The average Bonchev–Trinajstić information content (AvgIpc) is 2.67. The maximum atomic E-state index is 12.3. The number of carbonyl (C=O) groups excluding carboxylic acids is 1. The number of H-pyrrole nitrogens is 1. The highest BCUT2D eigenvalue weighted by Crippen LogP contribution is 2.24. The van der Waals surface area contributed by atoms with Crippen molar-refractivity contribution in [2.45, 2.75) is 24.3 Å². The predicted octanol–water partition coefficient (Wildman–Crippen LogP) is 3.38. The minimum absolute atomic E-state index is 0.208. The molecular formula is C19H18N4O3S. The molecule has 0 spiro atoms. The highest BCUT2D eigenvalue weighted by Gasteiger charge is 2.16. The lowest BCUT2D eigenvalue weighted by atomic mass is 10.3. The second kappa shape index (κ2) is 8.50. The zero-order valence-corrected chi connectivity index (χ0v) is 15.6. The zero-order chi connectivity index (χ0) is 19.2. The summed E-state index contributed by atoms with van der Waals surface area (Å²) in [6.45, 7) is 3.30. The molecule has 0 bridgehead atoms. The number of nitrogens with zero attached hydrogens (tertiary/aromatic N) is 2. The summed E-state index contributed by atoms with van der Waals surface area (Å²) in [5.74, 6) is 1.21. The number of para-hydroxylation sites is 1. The van der Waals surface area contributed by atoms with Gasteiger partial charge in [0.05, 0.1) is 5.25 Å². The molecule has 0 aliphatic heterocycles. The Balaban J connectivity index is 1.58. The number of amides is 1. The number of thioether (sulfide) groups is 1. The summed E-state index contributed by atoms with van der Waals surface area (Å²) in [5, 5.41) is 10.3. The van der Waals surface area contributed by atoms with E-state index < -0.39 is 5.25 Å². The molecule has 7 nitrogen and oxygen atoms in total. The molecule has 1 atom stereocenters. The Hall–Kier alpha value is -3.13. The molecule has 0 saturated carbocycles. The molecule has 0 radical (unpaired) electrons. The first-order valence-electron chi connectivity index (χ1n) is 8.25. The number of benzene rings is 2. The van der Waals surface area contributed by atoms with Crippen molar-refractivity contribution in [3.8, 4) is 11.5 Å². The lowest BCUT2D eigenvalue weighted by Gasteiger charge is -2.12. The number of anilines is 1. The van der Waals surface area contributed by atoms with Gasteiger partial charge in [-0.15, -0.1) is 10.2 Å². The minimum Gasteiger partial charge on any atom is -0.457 e. The van der Waals surface area contributed by atoms with E-state index in [9.17, 15) is 9.59 Å². The maximum absolute atomic E-state index is 12.3. The van der Waals surface area contributed by atoms with Crippen molar-refractivity contribution in [2.75, 3.05) is 5.32 Å². The van der Waals surface area contributed by atoms with Crippen LogP contribution in [-0.2, 0) is 4.79 Å².